The Morgan fingerprint density at radius 1 is 1.29 bits per heavy atom. The van der Waals surface area contributed by atoms with E-state index in [-0.39, 0.29) is 24.0 Å². The molecule has 2 aliphatic rings. The lowest BCUT2D eigenvalue weighted by molar-refractivity contribution is 0.0893. The second kappa shape index (κ2) is 13.2. The Hall–Kier alpha value is -1.06. The van der Waals surface area contributed by atoms with Gasteiger partial charge in [-0.25, -0.2) is 0 Å². The van der Waals surface area contributed by atoms with Crippen LogP contribution in [0.25, 0.3) is 0 Å². The van der Waals surface area contributed by atoms with Crippen LogP contribution >= 0.6 is 24.0 Å². The molecule has 2 N–H and O–H groups in total. The van der Waals surface area contributed by atoms with Gasteiger partial charge in [-0.15, -0.1) is 24.0 Å². The number of aliphatic imine (C=N–C) groups is 1. The van der Waals surface area contributed by atoms with Gasteiger partial charge in [0.15, 0.2) is 5.96 Å². The highest BCUT2D eigenvalue weighted by molar-refractivity contribution is 14.0. The topological polar surface area (TPSA) is 64.1 Å². The molecule has 0 saturated carbocycles. The molecule has 2 heterocycles. The molecule has 0 bridgehead atoms. The average Bonchev–Trinajstić information content (AvgIpc) is 3.35. The number of ether oxygens (including phenoxy) is 3. The highest BCUT2D eigenvalue weighted by Gasteiger charge is 2.15. The van der Waals surface area contributed by atoms with E-state index in [0.717, 1.165) is 90.1 Å². The summed E-state index contributed by atoms with van der Waals surface area (Å²) < 4.78 is 16.7. The van der Waals surface area contributed by atoms with Gasteiger partial charge in [-0.05, 0) is 43.4 Å². The molecule has 1 aromatic carbocycles. The zero-order valence-electron chi connectivity index (χ0n) is 16.9. The Kier molecular flexibility index (Phi) is 11.0. The van der Waals surface area contributed by atoms with Crippen molar-refractivity contribution in [1.82, 2.24) is 10.6 Å². The molecule has 7 heteroatoms. The Balaban J connectivity index is 0.00000280. The number of rotatable bonds is 10. The van der Waals surface area contributed by atoms with Crippen molar-refractivity contribution in [3.8, 4) is 5.75 Å². The Labute approximate surface area is 185 Å². The molecule has 1 saturated heterocycles. The minimum Gasteiger partial charge on any atom is -0.493 e. The minimum atomic E-state index is 0. The van der Waals surface area contributed by atoms with E-state index in [4.69, 9.17) is 14.2 Å². The third-order valence-corrected chi connectivity index (χ3v) is 4.90. The van der Waals surface area contributed by atoms with Gasteiger partial charge in [0.05, 0.1) is 19.8 Å². The number of halogens is 1. The van der Waals surface area contributed by atoms with Gasteiger partial charge in [-0.1, -0.05) is 12.1 Å². The molecule has 0 amide bonds. The zero-order chi connectivity index (χ0) is 18.7. The van der Waals surface area contributed by atoms with E-state index < -0.39 is 0 Å². The maximum atomic E-state index is 5.73. The van der Waals surface area contributed by atoms with Crippen molar-refractivity contribution < 1.29 is 14.2 Å². The molecule has 158 valence electrons. The zero-order valence-corrected chi connectivity index (χ0v) is 19.2. The fourth-order valence-electron chi connectivity index (χ4n) is 3.38. The minimum absolute atomic E-state index is 0. The van der Waals surface area contributed by atoms with Crippen molar-refractivity contribution in [2.45, 2.75) is 32.6 Å². The van der Waals surface area contributed by atoms with Crippen LogP contribution in [0.3, 0.4) is 0 Å². The van der Waals surface area contributed by atoms with Gasteiger partial charge >= 0.3 is 0 Å². The summed E-state index contributed by atoms with van der Waals surface area (Å²) in [5.74, 6) is 2.51. The van der Waals surface area contributed by atoms with Crippen LogP contribution in [0.15, 0.2) is 23.2 Å². The van der Waals surface area contributed by atoms with Crippen molar-refractivity contribution in [3.63, 3.8) is 0 Å². The van der Waals surface area contributed by atoms with Gasteiger partial charge in [0, 0.05) is 45.2 Å². The van der Waals surface area contributed by atoms with E-state index in [2.05, 4.69) is 40.7 Å². The largest absolute Gasteiger partial charge is 0.493 e. The first-order valence-corrected chi connectivity index (χ1v) is 10.3. The fourth-order valence-corrected chi connectivity index (χ4v) is 3.38. The van der Waals surface area contributed by atoms with Crippen LogP contribution in [0.5, 0.6) is 5.75 Å². The summed E-state index contributed by atoms with van der Waals surface area (Å²) in [5, 5.41) is 6.73. The molecule has 28 heavy (non-hydrogen) atoms. The molecule has 0 radical (unpaired) electrons. The van der Waals surface area contributed by atoms with Gasteiger partial charge in [-0.3, -0.25) is 4.99 Å². The Bertz CT molecular complexity index is 607. The van der Waals surface area contributed by atoms with Crippen molar-refractivity contribution in [3.05, 3.63) is 29.3 Å². The SMILES string of the molecule is CCNC(=NCCCOCC1CCOC1)NCCc1ccc2c(c1)CCO2.I. The molecular formula is C21H34IN3O3. The van der Waals surface area contributed by atoms with Crippen LogP contribution in [0.4, 0.5) is 0 Å². The third-order valence-electron chi connectivity index (χ3n) is 4.90. The maximum absolute atomic E-state index is 5.73. The monoisotopic (exact) mass is 503 g/mol. The van der Waals surface area contributed by atoms with Gasteiger partial charge < -0.3 is 24.8 Å². The Morgan fingerprint density at radius 2 is 2.21 bits per heavy atom. The maximum Gasteiger partial charge on any atom is 0.191 e. The number of hydrogen-bond donors (Lipinski definition) is 2. The van der Waals surface area contributed by atoms with Gasteiger partial charge in [0.2, 0.25) is 0 Å². The van der Waals surface area contributed by atoms with E-state index >= 15 is 0 Å². The van der Waals surface area contributed by atoms with Crippen molar-refractivity contribution in [2.75, 3.05) is 52.7 Å². The lowest BCUT2D eigenvalue weighted by Crippen LogP contribution is -2.38. The van der Waals surface area contributed by atoms with Crippen molar-refractivity contribution in [1.29, 1.82) is 0 Å². The fraction of sp³-hybridized carbons (Fsp3) is 0.667. The van der Waals surface area contributed by atoms with E-state index in [1.807, 2.05) is 0 Å². The van der Waals surface area contributed by atoms with Crippen molar-refractivity contribution >= 4 is 29.9 Å². The third kappa shape index (κ3) is 7.75. The number of fused-ring (bicyclic) bond motifs is 1. The van der Waals surface area contributed by atoms with Gasteiger partial charge in [0.1, 0.15) is 5.75 Å². The van der Waals surface area contributed by atoms with Gasteiger partial charge in [-0.2, -0.15) is 0 Å². The summed E-state index contributed by atoms with van der Waals surface area (Å²) in [7, 11) is 0. The van der Waals surface area contributed by atoms with E-state index in [1.165, 1.54) is 11.1 Å². The summed E-state index contributed by atoms with van der Waals surface area (Å²) in [6.45, 7) is 8.71. The molecule has 1 fully saturated rings. The van der Waals surface area contributed by atoms with Gasteiger partial charge in [0.25, 0.3) is 0 Å². The molecule has 1 aromatic rings. The van der Waals surface area contributed by atoms with Crippen LogP contribution in [0, 0.1) is 5.92 Å². The van der Waals surface area contributed by atoms with Crippen LogP contribution in [-0.4, -0.2) is 58.6 Å². The molecule has 2 aliphatic heterocycles. The number of benzene rings is 1. The molecule has 1 unspecified atom stereocenters. The first-order chi connectivity index (χ1) is 13.3. The standard InChI is InChI=1S/C21H33N3O3.HI/c1-2-22-21(23-9-3-11-25-15-18-7-12-26-16-18)24-10-6-17-4-5-20-19(14-17)8-13-27-20;/h4-5,14,18H,2-3,6-13,15-16H2,1H3,(H2,22,23,24);1H. The first-order valence-electron chi connectivity index (χ1n) is 10.3. The van der Waals surface area contributed by atoms with Crippen LogP contribution in [0.1, 0.15) is 30.9 Å². The number of nitrogens with one attached hydrogen (secondary N) is 2. The highest BCUT2D eigenvalue weighted by Crippen LogP contribution is 2.25. The summed E-state index contributed by atoms with van der Waals surface area (Å²) in [6.07, 6.45) is 4.07. The van der Waals surface area contributed by atoms with E-state index in [0.29, 0.717) is 5.92 Å². The summed E-state index contributed by atoms with van der Waals surface area (Å²) >= 11 is 0. The molecule has 0 spiro atoms. The summed E-state index contributed by atoms with van der Waals surface area (Å²) in [5.41, 5.74) is 2.67. The molecule has 6 nitrogen and oxygen atoms in total. The lowest BCUT2D eigenvalue weighted by Gasteiger charge is -2.12. The predicted octanol–water partition coefficient (Wildman–Crippen LogP) is 2.78. The Morgan fingerprint density at radius 3 is 3.04 bits per heavy atom. The summed E-state index contributed by atoms with van der Waals surface area (Å²) in [4.78, 5) is 4.64. The predicted molar refractivity (Wildman–Crippen MR) is 123 cm³/mol. The molecule has 3 rings (SSSR count). The molecule has 1 atom stereocenters. The first kappa shape index (κ1) is 23.2. The average molecular weight is 503 g/mol. The normalized spacial score (nSPS) is 18.3. The van der Waals surface area contributed by atoms with Crippen LogP contribution in [0.2, 0.25) is 0 Å². The van der Waals surface area contributed by atoms with Crippen LogP contribution in [-0.2, 0) is 22.3 Å². The number of guanidine groups is 1. The highest BCUT2D eigenvalue weighted by atomic mass is 127. The smallest absolute Gasteiger partial charge is 0.191 e. The van der Waals surface area contributed by atoms with Crippen molar-refractivity contribution in [2.24, 2.45) is 10.9 Å². The molecule has 0 aliphatic carbocycles. The van der Waals surface area contributed by atoms with Crippen LogP contribution < -0.4 is 15.4 Å². The van der Waals surface area contributed by atoms with E-state index in [9.17, 15) is 0 Å². The van der Waals surface area contributed by atoms with E-state index in [1.54, 1.807) is 0 Å². The number of nitrogens with zero attached hydrogens (tertiary/aromatic N) is 1. The molecular weight excluding hydrogens is 469 g/mol. The number of hydrogen-bond acceptors (Lipinski definition) is 4. The molecule has 0 aromatic heterocycles. The quantitative estimate of drug-likeness (QED) is 0.223. The lowest BCUT2D eigenvalue weighted by atomic mass is 10.1. The second-order valence-electron chi connectivity index (χ2n) is 7.14. The second-order valence-corrected chi connectivity index (χ2v) is 7.14. The summed E-state index contributed by atoms with van der Waals surface area (Å²) in [6, 6.07) is 6.51.